The van der Waals surface area contributed by atoms with Gasteiger partial charge in [-0.2, -0.15) is 0 Å². The van der Waals surface area contributed by atoms with Crippen molar-refractivity contribution in [3.05, 3.63) is 11.1 Å². The third-order valence-electron chi connectivity index (χ3n) is 3.83. The zero-order valence-corrected chi connectivity index (χ0v) is 11.3. The molecule has 6 heteroatoms. The summed E-state index contributed by atoms with van der Waals surface area (Å²) in [6.07, 6.45) is 1.27. The molecule has 2 rings (SSSR count). The van der Waals surface area contributed by atoms with Crippen LogP contribution in [0.15, 0.2) is 11.1 Å². The van der Waals surface area contributed by atoms with Crippen molar-refractivity contribution in [2.75, 3.05) is 26.3 Å². The summed E-state index contributed by atoms with van der Waals surface area (Å²) in [6.45, 7) is 5.27. The van der Waals surface area contributed by atoms with Crippen LogP contribution in [0.2, 0.25) is 0 Å². The van der Waals surface area contributed by atoms with Crippen LogP contribution in [-0.4, -0.2) is 54.0 Å². The van der Waals surface area contributed by atoms with E-state index in [-0.39, 0.29) is 17.1 Å². The van der Waals surface area contributed by atoms with E-state index in [0.717, 1.165) is 0 Å². The Labute approximate surface area is 112 Å². The molecular formula is C13H19NO5. The van der Waals surface area contributed by atoms with E-state index >= 15 is 0 Å². The molecule has 0 aliphatic carbocycles. The van der Waals surface area contributed by atoms with Crippen LogP contribution in [0.25, 0.3) is 0 Å². The van der Waals surface area contributed by atoms with Crippen LogP contribution in [0.4, 0.5) is 0 Å². The van der Waals surface area contributed by atoms with E-state index in [9.17, 15) is 9.59 Å². The van der Waals surface area contributed by atoms with E-state index in [0.29, 0.717) is 39.1 Å². The zero-order chi connectivity index (χ0) is 14.0. The van der Waals surface area contributed by atoms with Crippen molar-refractivity contribution in [2.45, 2.75) is 32.5 Å². The summed E-state index contributed by atoms with van der Waals surface area (Å²) in [6, 6.07) is 0. The number of aliphatic carboxylic acids is 1. The summed E-state index contributed by atoms with van der Waals surface area (Å²) in [5, 5.41) is 8.90. The van der Waals surface area contributed by atoms with Crippen LogP contribution in [0, 0.1) is 0 Å². The van der Waals surface area contributed by atoms with Gasteiger partial charge in [0.1, 0.15) is 0 Å². The molecule has 0 radical (unpaired) electrons. The van der Waals surface area contributed by atoms with Crippen molar-refractivity contribution in [3.8, 4) is 0 Å². The molecule has 0 aromatic carbocycles. The molecule has 1 N–H and O–H groups in total. The molecule has 0 aromatic heterocycles. The lowest BCUT2D eigenvalue weighted by molar-refractivity contribution is -0.186. The summed E-state index contributed by atoms with van der Waals surface area (Å²) < 4.78 is 11.2. The number of carbonyl (C=O) groups excluding carboxylic acids is 1. The monoisotopic (exact) mass is 269 g/mol. The second-order valence-corrected chi connectivity index (χ2v) is 4.95. The van der Waals surface area contributed by atoms with Crippen LogP contribution in [0.1, 0.15) is 26.7 Å². The highest BCUT2D eigenvalue weighted by Crippen LogP contribution is 2.31. The van der Waals surface area contributed by atoms with Crippen LogP contribution in [-0.2, 0) is 19.1 Å². The Hall–Kier alpha value is -1.40. The summed E-state index contributed by atoms with van der Waals surface area (Å²) in [4.78, 5) is 24.7. The van der Waals surface area contributed by atoms with Gasteiger partial charge < -0.3 is 19.5 Å². The Bertz CT molecular complexity index is 413. The van der Waals surface area contributed by atoms with E-state index in [2.05, 4.69) is 0 Å². The summed E-state index contributed by atoms with van der Waals surface area (Å²) in [5.41, 5.74) is 0.385. The van der Waals surface area contributed by atoms with Crippen LogP contribution >= 0.6 is 0 Å². The minimum Gasteiger partial charge on any atom is -0.478 e. The van der Waals surface area contributed by atoms with Gasteiger partial charge in [0, 0.05) is 37.1 Å². The predicted molar refractivity (Wildman–Crippen MR) is 66.5 cm³/mol. The number of likely N-dealkylation sites (tertiary alicyclic amines) is 1. The Kier molecular flexibility index (Phi) is 3.91. The molecule has 0 atom stereocenters. The van der Waals surface area contributed by atoms with Crippen LogP contribution < -0.4 is 0 Å². The second-order valence-electron chi connectivity index (χ2n) is 4.95. The SMILES string of the molecule is CC(C(=O)O)=C(C)C(=O)N1CCC2(CC1)OCCO2. The first-order valence-corrected chi connectivity index (χ1v) is 6.43. The van der Waals surface area contributed by atoms with Gasteiger partial charge in [-0.3, -0.25) is 4.79 Å². The summed E-state index contributed by atoms with van der Waals surface area (Å²) in [7, 11) is 0. The predicted octanol–water partition coefficient (Wildman–Crippen LogP) is 0.773. The van der Waals surface area contributed by atoms with Gasteiger partial charge in [-0.05, 0) is 13.8 Å². The maximum absolute atomic E-state index is 12.2. The molecule has 2 saturated heterocycles. The molecule has 0 saturated carbocycles. The second kappa shape index (κ2) is 5.30. The zero-order valence-electron chi connectivity index (χ0n) is 11.3. The Morgan fingerprint density at radius 3 is 2.05 bits per heavy atom. The van der Waals surface area contributed by atoms with E-state index in [4.69, 9.17) is 14.6 Å². The first-order chi connectivity index (χ1) is 8.95. The summed E-state index contributed by atoms with van der Waals surface area (Å²) in [5.74, 6) is -1.79. The van der Waals surface area contributed by atoms with Crippen molar-refractivity contribution < 1.29 is 24.2 Å². The van der Waals surface area contributed by atoms with Gasteiger partial charge in [-0.15, -0.1) is 0 Å². The number of carboxylic acids is 1. The number of carbonyl (C=O) groups is 2. The normalized spacial score (nSPS) is 23.4. The Morgan fingerprint density at radius 1 is 1.05 bits per heavy atom. The van der Waals surface area contributed by atoms with Gasteiger partial charge in [0.25, 0.3) is 0 Å². The molecule has 0 aromatic rings. The molecule has 1 spiro atoms. The molecular weight excluding hydrogens is 250 g/mol. The number of rotatable bonds is 2. The molecule has 1 amide bonds. The van der Waals surface area contributed by atoms with Gasteiger partial charge in [0.2, 0.25) is 5.91 Å². The smallest absolute Gasteiger partial charge is 0.331 e. The maximum Gasteiger partial charge on any atom is 0.331 e. The van der Waals surface area contributed by atoms with Gasteiger partial charge in [0.15, 0.2) is 5.79 Å². The molecule has 0 unspecified atom stereocenters. The number of hydrogen-bond donors (Lipinski definition) is 1. The van der Waals surface area contributed by atoms with E-state index in [1.165, 1.54) is 6.92 Å². The number of piperidine rings is 1. The minimum atomic E-state index is -1.05. The minimum absolute atomic E-state index is 0.0960. The molecule has 106 valence electrons. The number of hydrogen-bond acceptors (Lipinski definition) is 4. The largest absolute Gasteiger partial charge is 0.478 e. The molecule has 0 bridgehead atoms. The summed E-state index contributed by atoms with van der Waals surface area (Å²) >= 11 is 0. The molecule has 2 heterocycles. The van der Waals surface area contributed by atoms with Crippen molar-refractivity contribution in [3.63, 3.8) is 0 Å². The first kappa shape index (κ1) is 14.0. The maximum atomic E-state index is 12.2. The number of carboxylic acid groups (broad SMARTS) is 1. The van der Waals surface area contributed by atoms with Gasteiger partial charge in [-0.25, -0.2) is 4.79 Å². The lowest BCUT2D eigenvalue weighted by atomic mass is 10.0. The fourth-order valence-electron chi connectivity index (χ4n) is 2.39. The van der Waals surface area contributed by atoms with Crippen molar-refractivity contribution in [2.24, 2.45) is 0 Å². The van der Waals surface area contributed by atoms with Crippen LogP contribution in [0.3, 0.4) is 0 Å². The number of ether oxygens (including phenoxy) is 2. The van der Waals surface area contributed by atoms with E-state index < -0.39 is 11.8 Å². The van der Waals surface area contributed by atoms with E-state index in [1.807, 2.05) is 0 Å². The standard InChI is InChI=1S/C13H19NO5/c1-9(10(2)12(16)17)11(15)14-5-3-13(4-6-14)18-7-8-19-13/h3-8H2,1-2H3,(H,16,17). The van der Waals surface area contributed by atoms with Gasteiger partial charge in [0.05, 0.1) is 13.2 Å². The van der Waals surface area contributed by atoms with Crippen molar-refractivity contribution in [1.82, 2.24) is 4.90 Å². The molecule has 6 nitrogen and oxygen atoms in total. The Morgan fingerprint density at radius 2 is 1.58 bits per heavy atom. The van der Waals surface area contributed by atoms with Gasteiger partial charge >= 0.3 is 5.97 Å². The Balaban J connectivity index is 1.99. The third-order valence-corrected chi connectivity index (χ3v) is 3.83. The lowest BCUT2D eigenvalue weighted by Gasteiger charge is -2.37. The molecule has 19 heavy (non-hydrogen) atoms. The molecule has 2 aliphatic rings. The quantitative estimate of drug-likeness (QED) is 0.749. The highest BCUT2D eigenvalue weighted by Gasteiger charge is 2.41. The lowest BCUT2D eigenvalue weighted by Crippen LogP contribution is -2.47. The number of nitrogens with zero attached hydrogens (tertiary/aromatic N) is 1. The first-order valence-electron chi connectivity index (χ1n) is 6.43. The van der Waals surface area contributed by atoms with Crippen LogP contribution in [0.5, 0.6) is 0 Å². The third kappa shape index (κ3) is 2.79. The fraction of sp³-hybridized carbons (Fsp3) is 0.692. The van der Waals surface area contributed by atoms with Crippen molar-refractivity contribution in [1.29, 1.82) is 0 Å². The highest BCUT2D eigenvalue weighted by molar-refractivity contribution is 6.01. The highest BCUT2D eigenvalue weighted by atomic mass is 16.7. The van der Waals surface area contributed by atoms with E-state index in [1.54, 1.807) is 11.8 Å². The average Bonchev–Trinajstić information content (AvgIpc) is 2.85. The molecule has 2 aliphatic heterocycles. The van der Waals surface area contributed by atoms with Gasteiger partial charge in [-0.1, -0.05) is 0 Å². The fourth-order valence-corrected chi connectivity index (χ4v) is 2.39. The molecule has 2 fully saturated rings. The van der Waals surface area contributed by atoms with Crippen molar-refractivity contribution >= 4 is 11.9 Å². The topological polar surface area (TPSA) is 76.1 Å². The average molecular weight is 269 g/mol. The number of amides is 1.